The molecule has 0 aromatic carbocycles. The Morgan fingerprint density at radius 3 is 2.81 bits per heavy atom. The van der Waals surface area contributed by atoms with Crippen LogP contribution < -0.4 is 11.5 Å². The lowest BCUT2D eigenvalue weighted by molar-refractivity contribution is 0.206. The quantitative estimate of drug-likeness (QED) is 0.571. The zero-order valence-electron chi connectivity index (χ0n) is 17.4. The first-order chi connectivity index (χ1) is 15.0. The van der Waals surface area contributed by atoms with Gasteiger partial charge < -0.3 is 21.5 Å². The summed E-state index contributed by atoms with van der Waals surface area (Å²) in [5.41, 5.74) is 13.5. The van der Waals surface area contributed by atoms with Gasteiger partial charge in [0.15, 0.2) is 11.6 Å². The minimum absolute atomic E-state index is 0.0773. The van der Waals surface area contributed by atoms with Gasteiger partial charge in [-0.3, -0.25) is 0 Å². The fourth-order valence-electron chi connectivity index (χ4n) is 4.08. The van der Waals surface area contributed by atoms with E-state index in [2.05, 4.69) is 31.8 Å². The summed E-state index contributed by atoms with van der Waals surface area (Å²) in [6.07, 6.45) is 4.61. The number of anilines is 2. The molecule has 4 heterocycles. The number of rotatable bonds is 5. The second-order valence-corrected chi connectivity index (χ2v) is 7.80. The number of nitrogen functional groups attached to an aromatic ring is 2. The van der Waals surface area contributed by atoms with Crippen LogP contribution in [0.25, 0.3) is 22.6 Å². The van der Waals surface area contributed by atoms with Crippen molar-refractivity contribution in [2.24, 2.45) is 0 Å². The third-order valence-electron chi connectivity index (χ3n) is 5.54. The molecule has 9 heteroatoms. The number of nitrogens with two attached hydrogens (primary N) is 2. The van der Waals surface area contributed by atoms with Crippen LogP contribution in [0.15, 0.2) is 30.5 Å². The highest BCUT2D eigenvalue weighted by Gasteiger charge is 2.24. The average molecular weight is 423 g/mol. The minimum Gasteiger partial charge on any atom is -0.506 e. The van der Waals surface area contributed by atoms with Crippen LogP contribution in [0.1, 0.15) is 37.8 Å². The van der Waals surface area contributed by atoms with Gasteiger partial charge in [-0.15, -0.1) is 0 Å². The molecule has 1 aliphatic rings. The van der Waals surface area contributed by atoms with Crippen molar-refractivity contribution >= 4 is 11.8 Å². The Balaban J connectivity index is 1.72. The molecule has 0 aliphatic carbocycles. The number of hydrogen-bond acceptors (Lipinski definition) is 8. The molecule has 1 atom stereocenters. The SMILES string of the molecule is CCCN1CCCC(c2cc(-c3nc(-c4ccnc(N)c4F)ccc3O)nc(N)n2)C1. The number of nitrogens with zero attached hydrogens (tertiary/aromatic N) is 5. The van der Waals surface area contributed by atoms with Gasteiger partial charge in [-0.05, 0) is 56.6 Å². The first kappa shape index (κ1) is 20.9. The molecule has 1 aliphatic heterocycles. The van der Waals surface area contributed by atoms with Gasteiger partial charge in [0.1, 0.15) is 11.4 Å². The molecule has 0 amide bonds. The van der Waals surface area contributed by atoms with E-state index in [0.29, 0.717) is 11.4 Å². The molecule has 0 saturated carbocycles. The van der Waals surface area contributed by atoms with E-state index >= 15 is 0 Å². The van der Waals surface area contributed by atoms with Gasteiger partial charge >= 0.3 is 0 Å². The predicted octanol–water partition coefficient (Wildman–Crippen LogP) is 3.20. The number of likely N-dealkylation sites (tertiary alicyclic amines) is 1. The van der Waals surface area contributed by atoms with Gasteiger partial charge in [-0.25, -0.2) is 24.3 Å². The van der Waals surface area contributed by atoms with E-state index in [-0.39, 0.29) is 34.7 Å². The lowest BCUT2D eigenvalue weighted by atomic mass is 9.93. The lowest BCUT2D eigenvalue weighted by Gasteiger charge is -2.32. The Morgan fingerprint density at radius 2 is 2.00 bits per heavy atom. The number of aromatic hydroxyl groups is 1. The highest BCUT2D eigenvalue weighted by molar-refractivity contribution is 5.70. The molecule has 1 saturated heterocycles. The van der Waals surface area contributed by atoms with E-state index in [4.69, 9.17) is 11.5 Å². The molecule has 3 aromatic rings. The standard InChI is InChI=1S/C22H26FN7O/c1-2-9-30-10-3-4-13(12-30)16-11-17(29-22(25)28-16)20-18(31)6-5-15(27-20)14-7-8-26-21(24)19(14)23/h5-8,11,13,31H,2-4,9-10,12H2,1H3,(H2,24,26)(H2,25,28,29). The van der Waals surface area contributed by atoms with E-state index < -0.39 is 5.82 Å². The number of aromatic nitrogens is 4. The van der Waals surface area contributed by atoms with Crippen molar-refractivity contribution < 1.29 is 9.50 Å². The number of piperidine rings is 1. The lowest BCUT2D eigenvalue weighted by Crippen LogP contribution is -2.35. The fourth-order valence-corrected chi connectivity index (χ4v) is 4.08. The van der Waals surface area contributed by atoms with Crippen LogP contribution in [-0.2, 0) is 0 Å². The van der Waals surface area contributed by atoms with E-state index in [1.165, 1.54) is 24.4 Å². The van der Waals surface area contributed by atoms with Crippen molar-refractivity contribution in [1.29, 1.82) is 0 Å². The largest absolute Gasteiger partial charge is 0.506 e. The van der Waals surface area contributed by atoms with Gasteiger partial charge in [0, 0.05) is 24.2 Å². The number of pyridine rings is 2. The summed E-state index contributed by atoms with van der Waals surface area (Å²) in [6, 6.07) is 6.28. The summed E-state index contributed by atoms with van der Waals surface area (Å²) in [5.74, 6) is -0.603. The molecule has 162 valence electrons. The second kappa shape index (κ2) is 8.81. The summed E-state index contributed by atoms with van der Waals surface area (Å²) in [5, 5.41) is 10.5. The Kier molecular flexibility index (Phi) is 5.94. The number of halogens is 1. The topological polar surface area (TPSA) is 127 Å². The van der Waals surface area contributed by atoms with Crippen molar-refractivity contribution in [3.63, 3.8) is 0 Å². The molecule has 0 spiro atoms. The van der Waals surface area contributed by atoms with E-state index in [0.717, 1.165) is 44.6 Å². The first-order valence-corrected chi connectivity index (χ1v) is 10.4. The summed E-state index contributed by atoms with van der Waals surface area (Å²) in [4.78, 5) is 19.4. The van der Waals surface area contributed by atoms with Crippen LogP contribution in [0.2, 0.25) is 0 Å². The van der Waals surface area contributed by atoms with Gasteiger partial charge in [0.25, 0.3) is 0 Å². The normalized spacial score (nSPS) is 17.0. The summed E-state index contributed by atoms with van der Waals surface area (Å²) < 4.78 is 14.5. The van der Waals surface area contributed by atoms with Crippen LogP contribution in [0, 0.1) is 5.82 Å². The van der Waals surface area contributed by atoms with E-state index in [1.807, 2.05) is 6.07 Å². The minimum atomic E-state index is -0.659. The summed E-state index contributed by atoms with van der Waals surface area (Å²) in [7, 11) is 0. The smallest absolute Gasteiger partial charge is 0.220 e. The molecule has 5 N–H and O–H groups in total. The molecule has 3 aromatic heterocycles. The Hall–Kier alpha value is -3.33. The molecule has 1 fully saturated rings. The maximum absolute atomic E-state index is 14.5. The molecule has 1 unspecified atom stereocenters. The van der Waals surface area contributed by atoms with Gasteiger partial charge in [-0.1, -0.05) is 6.92 Å². The van der Waals surface area contributed by atoms with Crippen molar-refractivity contribution in [3.8, 4) is 28.4 Å². The van der Waals surface area contributed by atoms with E-state index in [9.17, 15) is 9.50 Å². The van der Waals surface area contributed by atoms with Crippen molar-refractivity contribution in [1.82, 2.24) is 24.8 Å². The zero-order valence-corrected chi connectivity index (χ0v) is 17.4. The van der Waals surface area contributed by atoms with Crippen LogP contribution in [0.4, 0.5) is 16.2 Å². The average Bonchev–Trinajstić information content (AvgIpc) is 2.76. The maximum atomic E-state index is 14.5. The van der Waals surface area contributed by atoms with Crippen molar-refractivity contribution in [3.05, 3.63) is 42.0 Å². The van der Waals surface area contributed by atoms with Crippen molar-refractivity contribution in [2.75, 3.05) is 31.1 Å². The molecule has 0 radical (unpaired) electrons. The first-order valence-electron chi connectivity index (χ1n) is 10.4. The third-order valence-corrected chi connectivity index (χ3v) is 5.54. The van der Waals surface area contributed by atoms with Crippen LogP contribution >= 0.6 is 0 Å². The summed E-state index contributed by atoms with van der Waals surface area (Å²) >= 11 is 0. The monoisotopic (exact) mass is 423 g/mol. The number of hydrogen-bond donors (Lipinski definition) is 3. The van der Waals surface area contributed by atoms with E-state index in [1.54, 1.807) is 0 Å². The Bertz CT molecular complexity index is 1090. The van der Waals surface area contributed by atoms with Gasteiger partial charge in [-0.2, -0.15) is 0 Å². The fraction of sp³-hybridized carbons (Fsp3) is 0.364. The predicted molar refractivity (Wildman–Crippen MR) is 118 cm³/mol. The zero-order chi connectivity index (χ0) is 22.0. The molecule has 4 rings (SSSR count). The van der Waals surface area contributed by atoms with Crippen molar-refractivity contribution in [2.45, 2.75) is 32.1 Å². The Labute approximate surface area is 180 Å². The summed E-state index contributed by atoms with van der Waals surface area (Å²) in [6.45, 7) is 5.22. The van der Waals surface area contributed by atoms with Crippen LogP contribution in [0.5, 0.6) is 5.75 Å². The molecular weight excluding hydrogens is 397 g/mol. The molecular formula is C22H26FN7O. The maximum Gasteiger partial charge on any atom is 0.220 e. The third kappa shape index (κ3) is 4.41. The second-order valence-electron chi connectivity index (χ2n) is 7.80. The highest BCUT2D eigenvalue weighted by atomic mass is 19.1. The van der Waals surface area contributed by atoms with Crippen LogP contribution in [-0.4, -0.2) is 49.6 Å². The molecule has 0 bridgehead atoms. The highest BCUT2D eigenvalue weighted by Crippen LogP contribution is 2.33. The Morgan fingerprint density at radius 1 is 1.16 bits per heavy atom. The van der Waals surface area contributed by atoms with Crippen LogP contribution in [0.3, 0.4) is 0 Å². The molecule has 31 heavy (non-hydrogen) atoms. The molecule has 8 nitrogen and oxygen atoms in total. The van der Waals surface area contributed by atoms with Gasteiger partial charge in [0.2, 0.25) is 5.95 Å². The van der Waals surface area contributed by atoms with Gasteiger partial charge in [0.05, 0.1) is 17.1 Å².